The topological polar surface area (TPSA) is 74.7 Å². The number of likely N-dealkylation sites (tertiary alicyclic amines) is 1. The molecule has 0 aliphatic carbocycles. The van der Waals surface area contributed by atoms with E-state index in [0.717, 1.165) is 18.2 Å². The predicted molar refractivity (Wildman–Crippen MR) is 77.0 cm³/mol. The maximum atomic E-state index is 13.3. The number of Topliss-reactive ketones (excluding diaryl/α,β-unsaturated/α-hetero) is 2. The second-order valence-corrected chi connectivity index (χ2v) is 5.59. The zero-order valence-corrected chi connectivity index (χ0v) is 12.5. The highest BCUT2D eigenvalue weighted by molar-refractivity contribution is 6.01. The molecule has 6 heteroatoms. The number of carbonyl (C=O) groups is 3. The molecule has 118 valence electrons. The van der Waals surface area contributed by atoms with Crippen LogP contribution in [0.4, 0.5) is 4.39 Å². The van der Waals surface area contributed by atoms with Crippen molar-refractivity contribution in [2.24, 2.45) is 5.92 Å². The summed E-state index contributed by atoms with van der Waals surface area (Å²) in [5.74, 6) is -2.19. The summed E-state index contributed by atoms with van der Waals surface area (Å²) >= 11 is 0. The fourth-order valence-corrected chi connectivity index (χ4v) is 2.89. The number of phenols is 1. The molecule has 22 heavy (non-hydrogen) atoms. The van der Waals surface area contributed by atoms with Crippen molar-refractivity contribution >= 4 is 17.5 Å². The number of rotatable bonds is 3. The van der Waals surface area contributed by atoms with Gasteiger partial charge in [-0.2, -0.15) is 0 Å². The normalized spacial score (nSPS) is 21.5. The minimum absolute atomic E-state index is 0.0800. The predicted octanol–water partition coefficient (Wildman–Crippen LogP) is 1.93. The van der Waals surface area contributed by atoms with Gasteiger partial charge in [-0.3, -0.25) is 14.4 Å². The summed E-state index contributed by atoms with van der Waals surface area (Å²) in [5.41, 5.74) is -0.0800. The smallest absolute Gasteiger partial charge is 0.220 e. The molecular weight excluding hydrogens is 289 g/mol. The lowest BCUT2D eigenvalue weighted by molar-refractivity contribution is -0.139. The van der Waals surface area contributed by atoms with Crippen LogP contribution in [0.2, 0.25) is 0 Å². The molecule has 0 aromatic heterocycles. The van der Waals surface area contributed by atoms with Crippen molar-refractivity contribution in [3.05, 3.63) is 29.6 Å². The van der Waals surface area contributed by atoms with Crippen LogP contribution in [0.3, 0.4) is 0 Å². The zero-order valence-electron chi connectivity index (χ0n) is 12.5. The molecule has 1 saturated heterocycles. The summed E-state index contributed by atoms with van der Waals surface area (Å²) in [6, 6.07) is 2.56. The quantitative estimate of drug-likeness (QED) is 0.866. The van der Waals surface area contributed by atoms with Gasteiger partial charge in [-0.1, -0.05) is 0 Å². The molecule has 0 spiro atoms. The van der Waals surface area contributed by atoms with Crippen LogP contribution in [-0.2, 0) is 9.59 Å². The Morgan fingerprint density at radius 2 is 1.95 bits per heavy atom. The Bertz CT molecular complexity index is 629. The number of ketones is 2. The highest BCUT2D eigenvalue weighted by Gasteiger charge is 2.36. The van der Waals surface area contributed by atoms with Crippen LogP contribution in [0.25, 0.3) is 0 Å². The number of carbonyl (C=O) groups excluding carboxylic acids is 3. The largest absolute Gasteiger partial charge is 0.507 e. The van der Waals surface area contributed by atoms with Gasteiger partial charge in [0.05, 0.1) is 11.6 Å². The minimum Gasteiger partial charge on any atom is -0.507 e. The monoisotopic (exact) mass is 307 g/mol. The summed E-state index contributed by atoms with van der Waals surface area (Å²) in [6.45, 7) is 3.07. The van der Waals surface area contributed by atoms with Gasteiger partial charge in [-0.15, -0.1) is 0 Å². The molecule has 1 aromatic carbocycles. The maximum Gasteiger partial charge on any atom is 0.220 e. The van der Waals surface area contributed by atoms with Gasteiger partial charge in [0, 0.05) is 19.4 Å². The summed E-state index contributed by atoms with van der Waals surface area (Å²) in [6.07, 6.45) is 0.585. The number of phenolic OH excluding ortho intramolecular Hbond substituents is 1. The minimum atomic E-state index is -0.643. The molecule has 1 fully saturated rings. The standard InChI is InChI=1S/C16H18FNO4/c1-9(19)14-7-11(5-6-18(14)10(2)20)16(22)13-8-12(17)3-4-15(13)21/h3-4,8,11,14,21H,5-7H2,1-2H3. The van der Waals surface area contributed by atoms with Gasteiger partial charge in [-0.25, -0.2) is 4.39 Å². The number of hydrogen-bond acceptors (Lipinski definition) is 4. The Hall–Kier alpha value is -2.24. The van der Waals surface area contributed by atoms with E-state index in [9.17, 15) is 23.9 Å². The molecule has 1 N–H and O–H groups in total. The van der Waals surface area contributed by atoms with Gasteiger partial charge in [-0.05, 0) is 38.0 Å². The summed E-state index contributed by atoms with van der Waals surface area (Å²) < 4.78 is 13.3. The van der Waals surface area contributed by atoms with Crippen molar-refractivity contribution in [1.29, 1.82) is 0 Å². The van der Waals surface area contributed by atoms with Crippen LogP contribution in [0.1, 0.15) is 37.0 Å². The zero-order chi connectivity index (χ0) is 16.4. The Labute approximate surface area is 127 Å². The van der Waals surface area contributed by atoms with Crippen molar-refractivity contribution in [1.82, 2.24) is 4.90 Å². The van der Waals surface area contributed by atoms with E-state index < -0.39 is 23.6 Å². The average molecular weight is 307 g/mol. The van der Waals surface area contributed by atoms with Crippen molar-refractivity contribution in [2.75, 3.05) is 6.54 Å². The van der Waals surface area contributed by atoms with E-state index in [0.29, 0.717) is 13.0 Å². The lowest BCUT2D eigenvalue weighted by Crippen LogP contribution is -2.49. The summed E-state index contributed by atoms with van der Waals surface area (Å²) in [7, 11) is 0. The SMILES string of the molecule is CC(=O)C1CC(C(=O)c2cc(F)ccc2O)CCN1C(C)=O. The second-order valence-electron chi connectivity index (χ2n) is 5.59. The Morgan fingerprint density at radius 3 is 2.55 bits per heavy atom. The van der Waals surface area contributed by atoms with Gasteiger partial charge in [0.1, 0.15) is 11.6 Å². The van der Waals surface area contributed by atoms with Crippen LogP contribution in [0.5, 0.6) is 5.75 Å². The molecule has 2 rings (SSSR count). The number of halogens is 1. The molecular formula is C16H18FNO4. The molecule has 1 aliphatic rings. The number of piperidine rings is 1. The van der Waals surface area contributed by atoms with E-state index in [-0.39, 0.29) is 29.4 Å². The van der Waals surface area contributed by atoms with E-state index in [1.54, 1.807) is 0 Å². The fraction of sp³-hybridized carbons (Fsp3) is 0.438. The molecule has 2 atom stereocenters. The highest BCUT2D eigenvalue weighted by atomic mass is 19.1. The van der Waals surface area contributed by atoms with Gasteiger partial charge >= 0.3 is 0 Å². The van der Waals surface area contributed by atoms with Crippen molar-refractivity contribution in [2.45, 2.75) is 32.7 Å². The summed E-state index contributed by atoms with van der Waals surface area (Å²) in [4.78, 5) is 37.2. The number of aromatic hydroxyl groups is 1. The highest BCUT2D eigenvalue weighted by Crippen LogP contribution is 2.30. The van der Waals surface area contributed by atoms with Gasteiger partial charge < -0.3 is 10.0 Å². The Morgan fingerprint density at radius 1 is 1.27 bits per heavy atom. The van der Waals surface area contributed by atoms with Crippen molar-refractivity contribution in [3.63, 3.8) is 0 Å². The second kappa shape index (κ2) is 6.25. The molecule has 2 unspecified atom stereocenters. The third-order valence-corrected chi connectivity index (χ3v) is 4.07. The van der Waals surface area contributed by atoms with Crippen molar-refractivity contribution in [3.8, 4) is 5.75 Å². The first-order valence-electron chi connectivity index (χ1n) is 7.11. The van der Waals surface area contributed by atoms with Gasteiger partial charge in [0.15, 0.2) is 11.6 Å². The molecule has 5 nitrogen and oxygen atoms in total. The van der Waals surface area contributed by atoms with Crippen LogP contribution in [-0.4, -0.2) is 40.1 Å². The summed E-state index contributed by atoms with van der Waals surface area (Å²) in [5, 5.41) is 9.73. The average Bonchev–Trinajstić information content (AvgIpc) is 2.48. The molecule has 1 heterocycles. The molecule has 1 amide bonds. The maximum absolute atomic E-state index is 13.3. The van der Waals surface area contributed by atoms with Gasteiger partial charge in [0.2, 0.25) is 5.91 Å². The Balaban J connectivity index is 2.23. The third-order valence-electron chi connectivity index (χ3n) is 4.07. The number of hydrogen-bond donors (Lipinski definition) is 1. The van der Waals surface area contributed by atoms with Crippen molar-refractivity contribution < 1.29 is 23.9 Å². The Kier molecular flexibility index (Phi) is 4.59. The first kappa shape index (κ1) is 16.1. The van der Waals surface area contributed by atoms with Crippen LogP contribution in [0, 0.1) is 11.7 Å². The number of benzene rings is 1. The van der Waals surface area contributed by atoms with E-state index in [1.165, 1.54) is 18.7 Å². The van der Waals surface area contributed by atoms with Crippen LogP contribution >= 0.6 is 0 Å². The fourth-order valence-electron chi connectivity index (χ4n) is 2.89. The third kappa shape index (κ3) is 3.16. The molecule has 1 aliphatic heterocycles. The van der Waals surface area contributed by atoms with E-state index in [1.807, 2.05) is 0 Å². The first-order chi connectivity index (χ1) is 10.3. The number of amides is 1. The lowest BCUT2D eigenvalue weighted by atomic mass is 9.83. The number of nitrogens with zero attached hydrogens (tertiary/aromatic N) is 1. The van der Waals surface area contributed by atoms with Crippen LogP contribution < -0.4 is 0 Å². The molecule has 0 saturated carbocycles. The van der Waals surface area contributed by atoms with Crippen LogP contribution in [0.15, 0.2) is 18.2 Å². The van der Waals surface area contributed by atoms with E-state index in [2.05, 4.69) is 0 Å². The van der Waals surface area contributed by atoms with E-state index >= 15 is 0 Å². The lowest BCUT2D eigenvalue weighted by Gasteiger charge is -2.37. The molecule has 1 aromatic rings. The van der Waals surface area contributed by atoms with Gasteiger partial charge in [0.25, 0.3) is 0 Å². The first-order valence-corrected chi connectivity index (χ1v) is 7.11. The molecule has 0 radical (unpaired) electrons. The molecule has 0 bridgehead atoms. The van der Waals surface area contributed by atoms with E-state index in [4.69, 9.17) is 0 Å².